The standard InChI is InChI=1S/C15H16F3N5O/c16-15(17,18)12-6-2-1-4-10(12)11-5-3-7-13(11)20-14(24)8-23-9-19-21-22-23/h1-2,4,6,9,11,13H,3,5,7-8H2,(H,20,24). The molecule has 1 N–H and O–H groups in total. The first kappa shape index (κ1) is 16.4. The molecular formula is C15H16F3N5O. The Kier molecular flexibility index (Phi) is 4.50. The minimum absolute atomic E-state index is 0.0584. The Bertz CT molecular complexity index is 701. The highest BCUT2D eigenvalue weighted by Gasteiger charge is 2.38. The van der Waals surface area contributed by atoms with Crippen LogP contribution in [0.1, 0.15) is 36.3 Å². The lowest BCUT2D eigenvalue weighted by Crippen LogP contribution is -2.39. The number of carbonyl (C=O) groups excluding carboxylic acids is 1. The highest BCUT2D eigenvalue weighted by molar-refractivity contribution is 5.76. The molecule has 3 rings (SSSR count). The van der Waals surface area contributed by atoms with Gasteiger partial charge in [-0.2, -0.15) is 13.2 Å². The number of nitrogens with one attached hydrogen (secondary N) is 1. The summed E-state index contributed by atoms with van der Waals surface area (Å²) in [5.41, 5.74) is -0.383. The van der Waals surface area contributed by atoms with Gasteiger partial charge in [-0.25, -0.2) is 4.68 Å². The third kappa shape index (κ3) is 3.55. The van der Waals surface area contributed by atoms with Crippen molar-refractivity contribution < 1.29 is 18.0 Å². The van der Waals surface area contributed by atoms with Gasteiger partial charge in [0.2, 0.25) is 5.91 Å². The lowest BCUT2D eigenvalue weighted by atomic mass is 9.89. The summed E-state index contributed by atoms with van der Waals surface area (Å²) < 4.78 is 41.0. The molecule has 1 aliphatic rings. The number of aromatic nitrogens is 4. The zero-order valence-corrected chi connectivity index (χ0v) is 12.7. The van der Waals surface area contributed by atoms with E-state index in [2.05, 4.69) is 20.8 Å². The smallest absolute Gasteiger partial charge is 0.351 e. The molecule has 0 saturated heterocycles. The number of tetrazole rings is 1. The van der Waals surface area contributed by atoms with Crippen LogP contribution in [0.4, 0.5) is 13.2 Å². The number of hydrogen-bond acceptors (Lipinski definition) is 4. The average molecular weight is 339 g/mol. The quantitative estimate of drug-likeness (QED) is 0.926. The van der Waals surface area contributed by atoms with Crippen LogP contribution in [-0.4, -0.2) is 32.2 Å². The molecule has 2 atom stereocenters. The van der Waals surface area contributed by atoms with Crippen LogP contribution < -0.4 is 5.32 Å². The number of alkyl halides is 3. The van der Waals surface area contributed by atoms with E-state index in [9.17, 15) is 18.0 Å². The summed E-state index contributed by atoms with van der Waals surface area (Å²) in [6.07, 6.45) is -1.06. The highest BCUT2D eigenvalue weighted by Crippen LogP contribution is 2.41. The number of rotatable bonds is 4. The van der Waals surface area contributed by atoms with Gasteiger partial charge in [-0.05, 0) is 34.9 Å². The Balaban J connectivity index is 1.75. The summed E-state index contributed by atoms with van der Waals surface area (Å²) in [6, 6.07) is 5.25. The number of hydrogen-bond donors (Lipinski definition) is 1. The van der Waals surface area contributed by atoms with E-state index in [-0.39, 0.29) is 30.0 Å². The van der Waals surface area contributed by atoms with Crippen LogP contribution in [0.3, 0.4) is 0 Å². The van der Waals surface area contributed by atoms with Gasteiger partial charge in [0.05, 0.1) is 5.56 Å². The number of carbonyl (C=O) groups is 1. The van der Waals surface area contributed by atoms with Crippen molar-refractivity contribution in [2.75, 3.05) is 0 Å². The lowest BCUT2D eigenvalue weighted by molar-refractivity contribution is -0.138. The second-order valence-electron chi connectivity index (χ2n) is 5.80. The second-order valence-corrected chi connectivity index (χ2v) is 5.80. The Labute approximate surface area is 136 Å². The van der Waals surface area contributed by atoms with Gasteiger partial charge >= 0.3 is 6.18 Å². The Morgan fingerprint density at radius 3 is 2.79 bits per heavy atom. The first-order chi connectivity index (χ1) is 11.4. The zero-order valence-electron chi connectivity index (χ0n) is 12.7. The van der Waals surface area contributed by atoms with Crippen molar-refractivity contribution in [1.82, 2.24) is 25.5 Å². The van der Waals surface area contributed by atoms with Crippen LogP contribution >= 0.6 is 0 Å². The molecule has 2 unspecified atom stereocenters. The van der Waals surface area contributed by atoms with Crippen LogP contribution in [-0.2, 0) is 17.5 Å². The maximum atomic E-state index is 13.2. The van der Waals surface area contributed by atoms with Crippen LogP contribution in [0, 0.1) is 0 Å². The molecule has 24 heavy (non-hydrogen) atoms. The van der Waals surface area contributed by atoms with Crippen LogP contribution in [0.2, 0.25) is 0 Å². The minimum Gasteiger partial charge on any atom is -0.351 e. The molecular weight excluding hydrogens is 323 g/mol. The van der Waals surface area contributed by atoms with Gasteiger partial charge in [0.1, 0.15) is 12.9 Å². The fraction of sp³-hybridized carbons (Fsp3) is 0.467. The molecule has 0 spiro atoms. The predicted molar refractivity (Wildman–Crippen MR) is 77.8 cm³/mol. The number of amides is 1. The van der Waals surface area contributed by atoms with Gasteiger partial charge in [-0.15, -0.1) is 5.10 Å². The maximum Gasteiger partial charge on any atom is 0.416 e. The summed E-state index contributed by atoms with van der Waals surface area (Å²) in [5.74, 6) is -0.663. The monoisotopic (exact) mass is 339 g/mol. The molecule has 9 heteroatoms. The minimum atomic E-state index is -4.40. The third-order valence-electron chi connectivity index (χ3n) is 4.23. The molecule has 1 aliphatic carbocycles. The molecule has 0 bridgehead atoms. The van der Waals surface area contributed by atoms with Crippen LogP contribution in [0.15, 0.2) is 30.6 Å². The van der Waals surface area contributed by atoms with E-state index in [4.69, 9.17) is 0 Å². The summed E-state index contributed by atoms with van der Waals surface area (Å²) in [4.78, 5) is 12.1. The first-order valence-corrected chi connectivity index (χ1v) is 7.61. The van der Waals surface area contributed by atoms with Gasteiger partial charge < -0.3 is 5.32 Å². The van der Waals surface area contributed by atoms with Gasteiger partial charge in [0.25, 0.3) is 0 Å². The topological polar surface area (TPSA) is 72.7 Å². The fourth-order valence-corrected chi connectivity index (χ4v) is 3.24. The molecule has 1 saturated carbocycles. The fourth-order valence-electron chi connectivity index (χ4n) is 3.24. The molecule has 1 aromatic carbocycles. The summed E-state index contributed by atoms with van der Waals surface area (Å²) >= 11 is 0. The summed E-state index contributed by atoms with van der Waals surface area (Å²) in [7, 11) is 0. The average Bonchev–Trinajstić information content (AvgIpc) is 3.18. The molecule has 1 fully saturated rings. The zero-order chi connectivity index (χ0) is 17.2. The Morgan fingerprint density at radius 1 is 1.29 bits per heavy atom. The van der Waals surface area contributed by atoms with Gasteiger partial charge in [-0.1, -0.05) is 24.6 Å². The molecule has 6 nitrogen and oxygen atoms in total. The molecule has 2 aromatic rings. The van der Waals surface area contributed by atoms with E-state index >= 15 is 0 Å². The summed E-state index contributed by atoms with van der Waals surface area (Å²) in [5, 5.41) is 13.3. The van der Waals surface area contributed by atoms with Crippen molar-refractivity contribution in [2.24, 2.45) is 0 Å². The predicted octanol–water partition coefficient (Wildman–Crippen LogP) is 2.14. The van der Waals surface area contributed by atoms with E-state index in [1.165, 1.54) is 23.1 Å². The highest BCUT2D eigenvalue weighted by atomic mass is 19.4. The van der Waals surface area contributed by atoms with Crippen molar-refractivity contribution in [3.8, 4) is 0 Å². The van der Waals surface area contributed by atoms with Gasteiger partial charge in [0, 0.05) is 12.0 Å². The number of benzene rings is 1. The molecule has 1 amide bonds. The molecule has 128 valence electrons. The lowest BCUT2D eigenvalue weighted by Gasteiger charge is -2.24. The third-order valence-corrected chi connectivity index (χ3v) is 4.23. The molecule has 1 aromatic heterocycles. The van der Waals surface area contributed by atoms with Gasteiger partial charge in [-0.3, -0.25) is 4.79 Å². The first-order valence-electron chi connectivity index (χ1n) is 7.61. The van der Waals surface area contributed by atoms with Crippen LogP contribution in [0.5, 0.6) is 0 Å². The van der Waals surface area contributed by atoms with Crippen LogP contribution in [0.25, 0.3) is 0 Å². The Morgan fingerprint density at radius 2 is 2.08 bits per heavy atom. The molecule has 1 heterocycles. The van der Waals surface area contributed by atoms with Crippen molar-refractivity contribution in [3.05, 3.63) is 41.7 Å². The summed E-state index contributed by atoms with van der Waals surface area (Å²) in [6.45, 7) is -0.0584. The number of nitrogens with zero attached hydrogens (tertiary/aromatic N) is 4. The van der Waals surface area contributed by atoms with E-state index < -0.39 is 11.7 Å². The molecule has 0 aliphatic heterocycles. The normalized spacial score (nSPS) is 21.0. The van der Waals surface area contributed by atoms with Crippen molar-refractivity contribution in [2.45, 2.75) is 43.9 Å². The van der Waals surface area contributed by atoms with E-state index in [0.717, 1.165) is 12.5 Å². The SMILES string of the molecule is O=C(Cn1cnnn1)NC1CCCC1c1ccccc1C(F)(F)F. The molecule has 0 radical (unpaired) electrons. The number of halogens is 3. The van der Waals surface area contributed by atoms with E-state index in [1.807, 2.05) is 0 Å². The largest absolute Gasteiger partial charge is 0.416 e. The van der Waals surface area contributed by atoms with E-state index in [1.54, 1.807) is 6.07 Å². The van der Waals surface area contributed by atoms with E-state index in [0.29, 0.717) is 12.8 Å². The van der Waals surface area contributed by atoms with Crippen molar-refractivity contribution >= 4 is 5.91 Å². The maximum absolute atomic E-state index is 13.2. The van der Waals surface area contributed by atoms with Crippen molar-refractivity contribution in [3.63, 3.8) is 0 Å². The van der Waals surface area contributed by atoms with Gasteiger partial charge in [0.15, 0.2) is 0 Å². The Hall–Kier alpha value is -2.45. The second kappa shape index (κ2) is 6.58. The van der Waals surface area contributed by atoms with Crippen molar-refractivity contribution in [1.29, 1.82) is 0 Å².